The van der Waals surface area contributed by atoms with E-state index in [1.54, 1.807) is 0 Å². The molecule has 12 heavy (non-hydrogen) atoms. The molecule has 1 aliphatic rings. The van der Waals surface area contributed by atoms with Gasteiger partial charge in [0.2, 0.25) is 0 Å². The Morgan fingerprint density at radius 1 is 1.58 bits per heavy atom. The molecule has 0 radical (unpaired) electrons. The number of hydrogen-bond acceptors (Lipinski definition) is 3. The van der Waals surface area contributed by atoms with Gasteiger partial charge in [-0.1, -0.05) is 0 Å². The molecule has 0 aromatic carbocycles. The Morgan fingerprint density at radius 2 is 2.17 bits per heavy atom. The first-order valence-corrected chi connectivity index (χ1v) is 4.71. The van der Waals surface area contributed by atoms with E-state index in [0.717, 1.165) is 6.54 Å². The molecule has 1 rings (SSSR count). The predicted octanol–water partition coefficient (Wildman–Crippen LogP) is 0.0347. The van der Waals surface area contributed by atoms with E-state index in [4.69, 9.17) is 5.73 Å². The van der Waals surface area contributed by atoms with Crippen LogP contribution in [-0.4, -0.2) is 41.3 Å². The van der Waals surface area contributed by atoms with E-state index < -0.39 is 0 Å². The molecule has 3 N–H and O–H groups in total. The summed E-state index contributed by atoms with van der Waals surface area (Å²) in [5, 5.41) is 9.76. The van der Waals surface area contributed by atoms with Crippen LogP contribution in [0.3, 0.4) is 0 Å². The summed E-state index contributed by atoms with van der Waals surface area (Å²) in [7, 11) is 0. The van der Waals surface area contributed by atoms with Gasteiger partial charge in [-0.3, -0.25) is 4.90 Å². The van der Waals surface area contributed by atoms with E-state index >= 15 is 0 Å². The minimum Gasteiger partial charge on any atom is -0.391 e. The largest absolute Gasteiger partial charge is 0.391 e. The molecule has 3 unspecified atom stereocenters. The Hall–Kier alpha value is -0.120. The lowest BCUT2D eigenvalue weighted by molar-refractivity contribution is 0.0959. The van der Waals surface area contributed by atoms with Crippen LogP contribution in [0.25, 0.3) is 0 Å². The summed E-state index contributed by atoms with van der Waals surface area (Å²) in [5.74, 6) is 0.266. The van der Waals surface area contributed by atoms with Crippen molar-refractivity contribution >= 4 is 0 Å². The maximum absolute atomic E-state index is 9.76. The molecule has 0 saturated carbocycles. The summed E-state index contributed by atoms with van der Waals surface area (Å²) in [5.41, 5.74) is 5.56. The minimum absolute atomic E-state index is 0.239. The highest BCUT2D eigenvalue weighted by atomic mass is 16.3. The zero-order valence-electron chi connectivity index (χ0n) is 8.20. The molecule has 1 fully saturated rings. The van der Waals surface area contributed by atoms with Gasteiger partial charge in [0.05, 0.1) is 6.10 Å². The van der Waals surface area contributed by atoms with Crippen LogP contribution in [0.2, 0.25) is 0 Å². The Balaban J connectivity index is 2.60. The molecule has 3 nitrogen and oxygen atoms in total. The zero-order chi connectivity index (χ0) is 9.30. The highest BCUT2D eigenvalue weighted by molar-refractivity contribution is 4.92. The minimum atomic E-state index is -0.239. The average molecular weight is 172 g/mol. The summed E-state index contributed by atoms with van der Waals surface area (Å²) in [6.07, 6.45) is -0.239. The molecular formula is C9H20N2O. The normalized spacial score (nSPS) is 38.0. The molecule has 0 aromatic rings. The van der Waals surface area contributed by atoms with Crippen molar-refractivity contribution in [1.29, 1.82) is 0 Å². The van der Waals surface area contributed by atoms with Crippen LogP contribution >= 0.6 is 0 Å². The Morgan fingerprint density at radius 3 is 2.42 bits per heavy atom. The highest BCUT2D eigenvalue weighted by Gasteiger charge is 2.37. The first kappa shape index (κ1) is 9.96. The maximum Gasteiger partial charge on any atom is 0.0745 e. The number of nitrogens with two attached hydrogens (primary N) is 1. The van der Waals surface area contributed by atoms with Crippen molar-refractivity contribution in [3.05, 3.63) is 0 Å². The molecule has 0 spiro atoms. The summed E-state index contributed by atoms with van der Waals surface area (Å²) < 4.78 is 0. The molecule has 3 atom stereocenters. The van der Waals surface area contributed by atoms with Gasteiger partial charge in [0.1, 0.15) is 0 Å². The van der Waals surface area contributed by atoms with Crippen molar-refractivity contribution in [3.63, 3.8) is 0 Å². The van der Waals surface area contributed by atoms with Crippen LogP contribution in [0.5, 0.6) is 0 Å². The van der Waals surface area contributed by atoms with Crippen molar-refractivity contribution in [2.75, 3.05) is 13.1 Å². The van der Waals surface area contributed by atoms with E-state index in [0.29, 0.717) is 12.6 Å². The average Bonchev–Trinajstić information content (AvgIpc) is 2.30. The molecule has 0 aliphatic carbocycles. The molecular weight excluding hydrogens is 152 g/mol. The number of hydrogen-bond donors (Lipinski definition) is 2. The van der Waals surface area contributed by atoms with Gasteiger partial charge in [0.15, 0.2) is 0 Å². The van der Waals surface area contributed by atoms with E-state index in [1.165, 1.54) is 0 Å². The number of likely N-dealkylation sites (tertiary alicyclic amines) is 1. The molecule has 1 aliphatic heterocycles. The van der Waals surface area contributed by atoms with Crippen LogP contribution in [-0.2, 0) is 0 Å². The van der Waals surface area contributed by atoms with E-state index in [1.807, 2.05) is 0 Å². The van der Waals surface area contributed by atoms with Gasteiger partial charge in [-0.15, -0.1) is 0 Å². The van der Waals surface area contributed by atoms with Crippen LogP contribution in [0.1, 0.15) is 20.8 Å². The molecule has 72 valence electrons. The van der Waals surface area contributed by atoms with Gasteiger partial charge in [0.25, 0.3) is 0 Å². The Kier molecular flexibility index (Phi) is 3.09. The topological polar surface area (TPSA) is 49.5 Å². The van der Waals surface area contributed by atoms with Gasteiger partial charge >= 0.3 is 0 Å². The third kappa shape index (κ3) is 1.63. The fraction of sp³-hybridized carbons (Fsp3) is 1.00. The fourth-order valence-corrected chi connectivity index (χ4v) is 2.03. The highest BCUT2D eigenvalue weighted by Crippen LogP contribution is 2.24. The quantitative estimate of drug-likeness (QED) is 0.618. The lowest BCUT2D eigenvalue weighted by Gasteiger charge is -2.26. The van der Waals surface area contributed by atoms with E-state index in [9.17, 15) is 5.11 Å². The van der Waals surface area contributed by atoms with Crippen LogP contribution in [0, 0.1) is 5.92 Å². The SMILES string of the molecule is CC(C)N1CC(CN)C(O)C1C. The third-order valence-electron chi connectivity index (χ3n) is 2.91. The maximum atomic E-state index is 9.76. The molecule has 1 saturated heterocycles. The summed E-state index contributed by atoms with van der Waals surface area (Å²) in [4.78, 5) is 2.31. The summed E-state index contributed by atoms with van der Waals surface area (Å²) >= 11 is 0. The van der Waals surface area contributed by atoms with Crippen LogP contribution in [0.4, 0.5) is 0 Å². The number of aliphatic hydroxyl groups is 1. The second kappa shape index (κ2) is 3.73. The summed E-state index contributed by atoms with van der Waals surface area (Å²) in [6.45, 7) is 7.91. The lowest BCUT2D eigenvalue weighted by atomic mass is 10.0. The van der Waals surface area contributed by atoms with E-state index in [2.05, 4.69) is 25.7 Å². The van der Waals surface area contributed by atoms with E-state index in [-0.39, 0.29) is 18.1 Å². The lowest BCUT2D eigenvalue weighted by Crippen LogP contribution is -2.37. The second-order valence-corrected chi connectivity index (χ2v) is 4.02. The van der Waals surface area contributed by atoms with Crippen molar-refractivity contribution in [1.82, 2.24) is 4.90 Å². The smallest absolute Gasteiger partial charge is 0.0745 e. The number of aliphatic hydroxyl groups excluding tert-OH is 1. The van der Waals surface area contributed by atoms with Crippen molar-refractivity contribution in [3.8, 4) is 0 Å². The van der Waals surface area contributed by atoms with Crippen molar-refractivity contribution < 1.29 is 5.11 Å². The van der Waals surface area contributed by atoms with Gasteiger partial charge < -0.3 is 10.8 Å². The van der Waals surface area contributed by atoms with Gasteiger partial charge in [-0.25, -0.2) is 0 Å². The standard InChI is InChI=1S/C9H20N2O/c1-6(2)11-5-8(4-10)9(12)7(11)3/h6-9,12H,4-5,10H2,1-3H3. The van der Waals surface area contributed by atoms with Gasteiger partial charge in [-0.05, 0) is 27.3 Å². The first-order chi connectivity index (χ1) is 5.57. The van der Waals surface area contributed by atoms with Crippen LogP contribution < -0.4 is 5.73 Å². The third-order valence-corrected chi connectivity index (χ3v) is 2.91. The molecule has 3 heteroatoms. The number of nitrogens with zero attached hydrogens (tertiary/aromatic N) is 1. The van der Waals surface area contributed by atoms with Gasteiger partial charge in [0, 0.05) is 24.5 Å². The molecule has 0 amide bonds. The summed E-state index contributed by atoms with van der Waals surface area (Å²) in [6, 6.07) is 0.768. The monoisotopic (exact) mass is 172 g/mol. The zero-order valence-corrected chi connectivity index (χ0v) is 8.20. The van der Waals surface area contributed by atoms with Crippen molar-refractivity contribution in [2.24, 2.45) is 11.7 Å². The van der Waals surface area contributed by atoms with Gasteiger partial charge in [-0.2, -0.15) is 0 Å². The second-order valence-electron chi connectivity index (χ2n) is 4.02. The molecule has 1 heterocycles. The Labute approximate surface area is 74.5 Å². The molecule has 0 bridgehead atoms. The fourth-order valence-electron chi connectivity index (χ4n) is 2.03. The first-order valence-electron chi connectivity index (χ1n) is 4.71. The van der Waals surface area contributed by atoms with Crippen molar-refractivity contribution in [2.45, 2.75) is 39.0 Å². The number of rotatable bonds is 2. The van der Waals surface area contributed by atoms with Crippen LogP contribution in [0.15, 0.2) is 0 Å². The predicted molar refractivity (Wildman–Crippen MR) is 49.9 cm³/mol. The molecule has 0 aromatic heterocycles. The Bertz CT molecular complexity index is 149.